The fourth-order valence-corrected chi connectivity index (χ4v) is 4.78. The van der Waals surface area contributed by atoms with Gasteiger partial charge in [0.15, 0.2) is 0 Å². The lowest BCUT2D eigenvalue weighted by molar-refractivity contribution is 0.0696. The van der Waals surface area contributed by atoms with Crippen molar-refractivity contribution in [2.45, 2.75) is 46.1 Å². The molecule has 0 radical (unpaired) electrons. The number of carbonyl (C=O) groups is 1. The van der Waals surface area contributed by atoms with Gasteiger partial charge in [-0.3, -0.25) is 14.1 Å². The van der Waals surface area contributed by atoms with E-state index in [1.54, 1.807) is 29.1 Å². The van der Waals surface area contributed by atoms with Crippen molar-refractivity contribution in [3.8, 4) is 28.3 Å². The highest BCUT2D eigenvalue weighted by molar-refractivity contribution is 5.92. The number of H-pyrrole nitrogens is 1. The number of pyridine rings is 1. The Bertz CT molecular complexity index is 1650. The zero-order valence-corrected chi connectivity index (χ0v) is 21.8. The van der Waals surface area contributed by atoms with Crippen LogP contribution in [0.3, 0.4) is 0 Å². The van der Waals surface area contributed by atoms with Crippen molar-refractivity contribution in [3.05, 3.63) is 99.9 Å². The molecule has 10 nitrogen and oxygen atoms in total. The first kappa shape index (κ1) is 25.8. The summed E-state index contributed by atoms with van der Waals surface area (Å²) in [4.78, 5) is 30.5. The second kappa shape index (κ2) is 11.3. The van der Waals surface area contributed by atoms with Crippen LogP contribution in [0.4, 0.5) is 0 Å². The summed E-state index contributed by atoms with van der Waals surface area (Å²) in [6.07, 6.45) is 6.75. The van der Waals surface area contributed by atoms with Crippen molar-refractivity contribution in [2.75, 3.05) is 0 Å². The van der Waals surface area contributed by atoms with E-state index in [9.17, 15) is 14.7 Å². The number of nitrogens with zero attached hydrogens (tertiary/aromatic N) is 6. The number of aromatic carboxylic acids is 1. The predicted molar refractivity (Wildman–Crippen MR) is 147 cm³/mol. The van der Waals surface area contributed by atoms with E-state index in [4.69, 9.17) is 0 Å². The molecule has 0 aliphatic rings. The Morgan fingerprint density at radius 2 is 1.85 bits per heavy atom. The topological polar surface area (TPSA) is 132 Å². The highest BCUT2D eigenvalue weighted by atomic mass is 16.4. The molecule has 0 bridgehead atoms. The van der Waals surface area contributed by atoms with Crippen LogP contribution in [0.2, 0.25) is 0 Å². The van der Waals surface area contributed by atoms with Gasteiger partial charge in [0.2, 0.25) is 5.82 Å². The SMILES string of the molecule is CCCCc1cn(-c2c(CC)cccc2C(=O)O)c(=O)n1Cc1ccc(-c2ccccc2-c2nn[nH]n2)nc1. The van der Waals surface area contributed by atoms with Crippen molar-refractivity contribution in [1.29, 1.82) is 0 Å². The summed E-state index contributed by atoms with van der Waals surface area (Å²) in [5.41, 5.74) is 5.23. The number of benzene rings is 2. The number of hydrogen-bond donors (Lipinski definition) is 2. The quantitative estimate of drug-likeness (QED) is 0.275. The Morgan fingerprint density at radius 1 is 1.03 bits per heavy atom. The van der Waals surface area contributed by atoms with Crippen molar-refractivity contribution in [3.63, 3.8) is 0 Å². The number of imidazole rings is 1. The van der Waals surface area contributed by atoms with E-state index in [0.29, 0.717) is 30.9 Å². The van der Waals surface area contributed by atoms with Gasteiger partial charge in [0.25, 0.3) is 0 Å². The Morgan fingerprint density at radius 3 is 2.51 bits per heavy atom. The lowest BCUT2D eigenvalue weighted by Crippen LogP contribution is -2.26. The van der Waals surface area contributed by atoms with Crippen molar-refractivity contribution < 1.29 is 9.90 Å². The molecular weight excluding hydrogens is 494 g/mol. The maximum Gasteiger partial charge on any atom is 0.337 e. The van der Waals surface area contributed by atoms with Crippen LogP contribution in [0, 0.1) is 0 Å². The van der Waals surface area contributed by atoms with Gasteiger partial charge < -0.3 is 5.11 Å². The van der Waals surface area contributed by atoms with Crippen LogP contribution in [0.25, 0.3) is 28.3 Å². The fourth-order valence-electron chi connectivity index (χ4n) is 4.78. The van der Waals surface area contributed by atoms with E-state index in [0.717, 1.165) is 46.5 Å². The predicted octanol–water partition coefficient (Wildman–Crippen LogP) is 4.53. The molecule has 0 spiro atoms. The molecule has 0 aliphatic carbocycles. The summed E-state index contributed by atoms with van der Waals surface area (Å²) in [7, 11) is 0. The summed E-state index contributed by atoms with van der Waals surface area (Å²) in [5.74, 6) is -0.575. The number of aromatic amines is 1. The summed E-state index contributed by atoms with van der Waals surface area (Å²) < 4.78 is 3.22. The molecular formula is C29H29N7O3. The molecule has 0 atom stereocenters. The molecule has 198 valence electrons. The molecule has 0 amide bonds. The maximum absolute atomic E-state index is 13.8. The van der Waals surface area contributed by atoms with Gasteiger partial charge in [-0.2, -0.15) is 5.21 Å². The second-order valence-electron chi connectivity index (χ2n) is 9.27. The number of carboxylic acids is 1. The number of tetrazole rings is 1. The summed E-state index contributed by atoms with van der Waals surface area (Å²) in [5, 5.41) is 24.2. The van der Waals surface area contributed by atoms with Crippen molar-refractivity contribution in [2.24, 2.45) is 0 Å². The van der Waals surface area contributed by atoms with Crippen LogP contribution in [0.1, 0.15) is 53.9 Å². The zero-order chi connectivity index (χ0) is 27.4. The van der Waals surface area contributed by atoms with Crippen LogP contribution >= 0.6 is 0 Å². The Kier molecular flexibility index (Phi) is 7.44. The molecule has 10 heteroatoms. The summed E-state index contributed by atoms with van der Waals surface area (Å²) in [6.45, 7) is 4.37. The minimum atomic E-state index is -1.06. The molecule has 0 fully saturated rings. The summed E-state index contributed by atoms with van der Waals surface area (Å²) in [6, 6.07) is 16.7. The van der Waals surface area contributed by atoms with Gasteiger partial charge in [0, 0.05) is 29.2 Å². The third-order valence-corrected chi connectivity index (χ3v) is 6.77. The Balaban J connectivity index is 1.53. The Hall–Kier alpha value is -4.86. The van der Waals surface area contributed by atoms with Gasteiger partial charge in [-0.15, -0.1) is 10.2 Å². The van der Waals surface area contributed by atoms with E-state index in [2.05, 4.69) is 32.5 Å². The number of rotatable bonds is 10. The third-order valence-electron chi connectivity index (χ3n) is 6.77. The summed E-state index contributed by atoms with van der Waals surface area (Å²) >= 11 is 0. The van der Waals surface area contributed by atoms with Crippen LogP contribution in [0.5, 0.6) is 0 Å². The van der Waals surface area contributed by atoms with E-state index in [1.165, 1.54) is 4.57 Å². The fraction of sp³-hybridized carbons (Fsp3) is 0.241. The molecule has 39 heavy (non-hydrogen) atoms. The second-order valence-corrected chi connectivity index (χ2v) is 9.27. The lowest BCUT2D eigenvalue weighted by atomic mass is 10.0. The lowest BCUT2D eigenvalue weighted by Gasteiger charge is -2.11. The van der Waals surface area contributed by atoms with Crippen LogP contribution in [-0.4, -0.2) is 45.8 Å². The average molecular weight is 524 g/mol. The van der Waals surface area contributed by atoms with Crippen LogP contribution in [0.15, 0.2) is 71.8 Å². The van der Waals surface area contributed by atoms with Gasteiger partial charge >= 0.3 is 11.7 Å². The minimum absolute atomic E-state index is 0.113. The molecule has 2 aromatic carbocycles. The number of nitrogens with one attached hydrogen (secondary N) is 1. The van der Waals surface area contributed by atoms with E-state index in [-0.39, 0.29) is 11.3 Å². The van der Waals surface area contributed by atoms with Gasteiger partial charge in [0.1, 0.15) is 0 Å². The minimum Gasteiger partial charge on any atom is -0.478 e. The van der Waals surface area contributed by atoms with Crippen molar-refractivity contribution in [1.82, 2.24) is 34.7 Å². The first-order valence-corrected chi connectivity index (χ1v) is 13.0. The van der Waals surface area contributed by atoms with E-state index >= 15 is 0 Å². The molecule has 0 saturated carbocycles. The number of aromatic nitrogens is 7. The largest absolute Gasteiger partial charge is 0.478 e. The first-order chi connectivity index (χ1) is 19.0. The van der Waals surface area contributed by atoms with E-state index in [1.807, 2.05) is 49.4 Å². The smallest absolute Gasteiger partial charge is 0.337 e. The Labute approximate surface area is 225 Å². The number of carboxylic acid groups (broad SMARTS) is 1. The van der Waals surface area contributed by atoms with Crippen LogP contribution in [-0.2, 0) is 19.4 Å². The van der Waals surface area contributed by atoms with Gasteiger partial charge in [-0.25, -0.2) is 9.59 Å². The molecule has 3 heterocycles. The molecule has 0 saturated heterocycles. The zero-order valence-electron chi connectivity index (χ0n) is 21.8. The monoisotopic (exact) mass is 523 g/mol. The van der Waals surface area contributed by atoms with Crippen LogP contribution < -0.4 is 5.69 Å². The molecule has 0 unspecified atom stereocenters. The number of unbranched alkanes of at least 4 members (excludes halogenated alkanes) is 1. The number of aryl methyl sites for hydroxylation is 2. The van der Waals surface area contributed by atoms with Gasteiger partial charge in [-0.1, -0.05) is 62.7 Å². The normalized spacial score (nSPS) is 11.1. The van der Waals surface area contributed by atoms with Crippen molar-refractivity contribution >= 4 is 5.97 Å². The molecule has 5 aromatic rings. The highest BCUT2D eigenvalue weighted by Crippen LogP contribution is 2.28. The number of hydrogen-bond acceptors (Lipinski definition) is 6. The average Bonchev–Trinajstić information content (AvgIpc) is 3.61. The molecule has 5 rings (SSSR count). The molecule has 3 aromatic heterocycles. The standard InChI is InChI=1S/C29H29N7O3/c1-3-5-10-21-18-36(26-20(4-2)9-8-13-24(26)28(37)38)29(39)35(21)17-19-14-15-25(30-16-19)22-11-6-7-12-23(22)27-31-33-34-32-27/h6-9,11-16,18H,3-5,10,17H2,1-2H3,(H,37,38)(H,31,32,33,34). The molecule has 2 N–H and O–H groups in total. The number of para-hydroxylation sites is 1. The molecule has 0 aliphatic heterocycles. The maximum atomic E-state index is 13.8. The first-order valence-electron chi connectivity index (χ1n) is 13.0. The van der Waals surface area contributed by atoms with Gasteiger partial charge in [0.05, 0.1) is 23.5 Å². The van der Waals surface area contributed by atoms with Gasteiger partial charge in [-0.05, 0) is 47.7 Å². The van der Waals surface area contributed by atoms with E-state index < -0.39 is 5.97 Å². The highest BCUT2D eigenvalue weighted by Gasteiger charge is 2.20. The third kappa shape index (κ3) is 5.13.